The van der Waals surface area contributed by atoms with E-state index in [0.29, 0.717) is 32.5 Å². The van der Waals surface area contributed by atoms with Crippen molar-refractivity contribution in [3.63, 3.8) is 0 Å². The van der Waals surface area contributed by atoms with Crippen molar-refractivity contribution in [3.05, 3.63) is 22.8 Å². The van der Waals surface area contributed by atoms with E-state index in [-0.39, 0.29) is 35.6 Å². The van der Waals surface area contributed by atoms with Gasteiger partial charge in [-0.3, -0.25) is 9.59 Å². The number of hydrogen-bond acceptors (Lipinski definition) is 5. The summed E-state index contributed by atoms with van der Waals surface area (Å²) in [6, 6.07) is 0.0865. The number of anilines is 1. The van der Waals surface area contributed by atoms with Crippen molar-refractivity contribution in [2.45, 2.75) is 25.6 Å². The lowest BCUT2D eigenvalue weighted by atomic mass is 10.2. The third kappa shape index (κ3) is 6.24. The van der Waals surface area contributed by atoms with E-state index < -0.39 is 17.8 Å². The first-order valence-corrected chi connectivity index (χ1v) is 8.69. The molecule has 1 atom stereocenters. The summed E-state index contributed by atoms with van der Waals surface area (Å²) in [6.45, 7) is 3.60. The van der Waals surface area contributed by atoms with Crippen molar-refractivity contribution in [1.82, 2.24) is 15.2 Å². The molecule has 0 aromatic carbocycles. The van der Waals surface area contributed by atoms with Crippen molar-refractivity contribution in [3.8, 4) is 0 Å². The molecule has 1 unspecified atom stereocenters. The lowest BCUT2D eigenvalue weighted by Gasteiger charge is -2.29. The molecule has 27 heavy (non-hydrogen) atoms. The highest BCUT2D eigenvalue weighted by Gasteiger charge is 2.31. The zero-order valence-corrected chi connectivity index (χ0v) is 15.4. The Morgan fingerprint density at radius 3 is 2.63 bits per heavy atom. The van der Waals surface area contributed by atoms with E-state index in [1.165, 1.54) is 0 Å². The summed E-state index contributed by atoms with van der Waals surface area (Å²) in [7, 11) is 0. The van der Waals surface area contributed by atoms with Gasteiger partial charge in [0.05, 0.1) is 23.8 Å². The molecule has 2 rings (SSSR count). The van der Waals surface area contributed by atoms with Crippen LogP contribution in [0.25, 0.3) is 0 Å². The van der Waals surface area contributed by atoms with Crippen molar-refractivity contribution in [1.29, 1.82) is 0 Å². The number of nitrogens with one attached hydrogen (secondary N) is 2. The zero-order chi connectivity index (χ0) is 20.0. The van der Waals surface area contributed by atoms with Crippen LogP contribution in [0, 0.1) is 0 Å². The van der Waals surface area contributed by atoms with Gasteiger partial charge in [-0.2, -0.15) is 13.2 Å². The van der Waals surface area contributed by atoms with Crippen molar-refractivity contribution >= 4 is 29.2 Å². The van der Waals surface area contributed by atoms with Crippen LogP contribution in [0.5, 0.6) is 0 Å². The van der Waals surface area contributed by atoms with Crippen LogP contribution in [0.4, 0.5) is 19.0 Å². The van der Waals surface area contributed by atoms with Gasteiger partial charge in [0.25, 0.3) is 0 Å². The second kappa shape index (κ2) is 9.23. The molecule has 0 aliphatic carbocycles. The number of ether oxygens (including phenoxy) is 1. The Bertz CT molecular complexity index is 681. The smallest absolute Gasteiger partial charge is 0.378 e. The fraction of sp³-hybridized carbons (Fsp3) is 0.562. The van der Waals surface area contributed by atoms with Crippen LogP contribution >= 0.6 is 11.6 Å². The number of halogens is 4. The molecule has 7 nitrogen and oxygen atoms in total. The third-order valence-electron chi connectivity index (χ3n) is 3.88. The molecule has 150 valence electrons. The first-order valence-electron chi connectivity index (χ1n) is 8.31. The molecule has 2 heterocycles. The number of carbonyl (C=O) groups is 2. The highest BCUT2D eigenvalue weighted by Crippen LogP contribution is 2.32. The van der Waals surface area contributed by atoms with Crippen molar-refractivity contribution in [2.75, 3.05) is 38.2 Å². The van der Waals surface area contributed by atoms with Crippen LogP contribution in [0.3, 0.4) is 0 Å². The van der Waals surface area contributed by atoms with Crippen molar-refractivity contribution in [2.24, 2.45) is 0 Å². The highest BCUT2D eigenvalue weighted by molar-refractivity contribution is 6.32. The minimum atomic E-state index is -4.53. The molecule has 1 aliphatic heterocycles. The Balaban J connectivity index is 1.78. The summed E-state index contributed by atoms with van der Waals surface area (Å²) in [4.78, 5) is 29.4. The van der Waals surface area contributed by atoms with E-state index in [9.17, 15) is 22.8 Å². The van der Waals surface area contributed by atoms with Gasteiger partial charge in [-0.25, -0.2) is 4.98 Å². The first kappa shape index (κ1) is 21.2. The van der Waals surface area contributed by atoms with Gasteiger partial charge in [0.2, 0.25) is 11.8 Å². The van der Waals surface area contributed by atoms with Crippen LogP contribution in [0.1, 0.15) is 18.9 Å². The summed E-state index contributed by atoms with van der Waals surface area (Å²) in [6.07, 6.45) is -3.87. The predicted octanol–water partition coefficient (Wildman–Crippen LogP) is 1.92. The van der Waals surface area contributed by atoms with Crippen LogP contribution in [0.2, 0.25) is 5.02 Å². The molecule has 11 heteroatoms. The normalized spacial score (nSPS) is 16.0. The van der Waals surface area contributed by atoms with Gasteiger partial charge in [0.15, 0.2) is 0 Å². The molecule has 1 fully saturated rings. The van der Waals surface area contributed by atoms with Crippen LogP contribution in [-0.4, -0.2) is 60.6 Å². The summed E-state index contributed by atoms with van der Waals surface area (Å²) >= 11 is 5.78. The Hall–Kier alpha value is -2.07. The number of amides is 2. The number of rotatable bonds is 6. The standard InChI is InChI=1S/C16H20ClF3N4O3/c1-10(15(26)24-4-6-27-7-5-24)23-13(25)2-3-21-14-12(17)8-11(9-22-14)16(18,19)20/h8-10H,2-7H2,1H3,(H,21,22)(H,23,25). The van der Waals surface area contributed by atoms with Crippen LogP contribution in [0.15, 0.2) is 12.3 Å². The lowest BCUT2D eigenvalue weighted by molar-refractivity contribution is -0.139. The fourth-order valence-electron chi connectivity index (χ4n) is 2.45. The summed E-state index contributed by atoms with van der Waals surface area (Å²) in [5, 5.41) is 5.11. The van der Waals surface area contributed by atoms with Gasteiger partial charge in [-0.1, -0.05) is 11.6 Å². The van der Waals surface area contributed by atoms with E-state index in [2.05, 4.69) is 15.6 Å². The van der Waals surface area contributed by atoms with Gasteiger partial charge < -0.3 is 20.3 Å². The molecular weight excluding hydrogens is 389 g/mol. The molecule has 2 N–H and O–H groups in total. The van der Waals surface area contributed by atoms with E-state index in [0.717, 1.165) is 6.07 Å². The number of aromatic nitrogens is 1. The third-order valence-corrected chi connectivity index (χ3v) is 4.17. The monoisotopic (exact) mass is 408 g/mol. The molecule has 0 saturated carbocycles. The Kier molecular flexibility index (Phi) is 7.25. The molecule has 0 spiro atoms. The summed E-state index contributed by atoms with van der Waals surface area (Å²) in [5.74, 6) is -0.512. The first-order chi connectivity index (χ1) is 12.7. The van der Waals surface area contributed by atoms with Crippen molar-refractivity contribution < 1.29 is 27.5 Å². The molecule has 1 aliphatic rings. The number of morpholine rings is 1. The Morgan fingerprint density at radius 2 is 2.04 bits per heavy atom. The molecular formula is C16H20ClF3N4O3. The van der Waals surface area contributed by atoms with Crippen LogP contribution < -0.4 is 10.6 Å². The fourth-order valence-corrected chi connectivity index (χ4v) is 2.68. The minimum absolute atomic E-state index is 0.000236. The maximum Gasteiger partial charge on any atom is 0.417 e. The summed E-state index contributed by atoms with van der Waals surface area (Å²) < 4.78 is 42.9. The van der Waals surface area contributed by atoms with Crippen LogP contribution in [-0.2, 0) is 20.5 Å². The SMILES string of the molecule is CC(NC(=O)CCNc1ncc(C(F)(F)F)cc1Cl)C(=O)N1CCOCC1. The Morgan fingerprint density at radius 1 is 1.37 bits per heavy atom. The highest BCUT2D eigenvalue weighted by atomic mass is 35.5. The number of carbonyl (C=O) groups excluding carboxylic acids is 2. The minimum Gasteiger partial charge on any atom is -0.378 e. The number of hydrogen-bond donors (Lipinski definition) is 2. The molecule has 0 radical (unpaired) electrons. The molecule has 1 aromatic heterocycles. The largest absolute Gasteiger partial charge is 0.417 e. The average molecular weight is 409 g/mol. The number of pyridine rings is 1. The number of alkyl halides is 3. The molecule has 0 bridgehead atoms. The Labute approximate surface area is 159 Å². The maximum absolute atomic E-state index is 12.6. The van der Waals surface area contributed by atoms with Gasteiger partial charge >= 0.3 is 6.18 Å². The average Bonchev–Trinajstić information content (AvgIpc) is 2.62. The van der Waals surface area contributed by atoms with Gasteiger partial charge in [-0.15, -0.1) is 0 Å². The topological polar surface area (TPSA) is 83.6 Å². The predicted molar refractivity (Wildman–Crippen MR) is 92.4 cm³/mol. The number of nitrogens with zero attached hydrogens (tertiary/aromatic N) is 2. The van der Waals surface area contributed by atoms with E-state index in [4.69, 9.17) is 16.3 Å². The molecule has 2 amide bonds. The second-order valence-corrected chi connectivity index (χ2v) is 6.36. The van der Waals surface area contributed by atoms with Gasteiger partial charge in [0, 0.05) is 32.3 Å². The summed E-state index contributed by atoms with van der Waals surface area (Å²) in [5.41, 5.74) is -0.953. The molecule has 1 aromatic rings. The van der Waals surface area contributed by atoms with E-state index in [1.54, 1.807) is 11.8 Å². The van der Waals surface area contributed by atoms with Gasteiger partial charge in [0.1, 0.15) is 11.9 Å². The zero-order valence-electron chi connectivity index (χ0n) is 14.6. The lowest BCUT2D eigenvalue weighted by Crippen LogP contribution is -2.50. The molecule has 1 saturated heterocycles. The maximum atomic E-state index is 12.6. The van der Waals surface area contributed by atoms with Gasteiger partial charge in [-0.05, 0) is 13.0 Å². The second-order valence-electron chi connectivity index (χ2n) is 5.96. The van der Waals surface area contributed by atoms with E-state index >= 15 is 0 Å². The van der Waals surface area contributed by atoms with E-state index in [1.807, 2.05) is 0 Å². The quantitative estimate of drug-likeness (QED) is 0.751.